The molecule has 3 fully saturated rings. The number of hydrogen-bond donors (Lipinski definition) is 0. The molecule has 0 heterocycles. The van der Waals surface area contributed by atoms with Crippen molar-refractivity contribution in [2.24, 2.45) is 29.6 Å². The van der Waals surface area contributed by atoms with Crippen LogP contribution in [0.15, 0.2) is 18.2 Å². The van der Waals surface area contributed by atoms with Crippen molar-refractivity contribution < 1.29 is 26.6 Å². The molecule has 32 heavy (non-hydrogen) atoms. The predicted octanol–water partition coefficient (Wildman–Crippen LogP) is 9.60. The van der Waals surface area contributed by atoms with Crippen LogP contribution in [0.4, 0.5) is 17.6 Å². The number of halogens is 4. The maximum Gasteiger partial charge on any atom is 0.383 e. The van der Waals surface area contributed by atoms with Gasteiger partial charge >= 0.3 is 6.11 Å². The Morgan fingerprint density at radius 3 is 1.62 bits per heavy atom. The van der Waals surface area contributed by atoms with Gasteiger partial charge in [-0.2, -0.15) is 8.78 Å². The highest BCUT2D eigenvalue weighted by molar-refractivity contribution is 5.20. The summed E-state index contributed by atoms with van der Waals surface area (Å²) < 4.78 is 60.3. The molecule has 0 N–H and O–H groups in total. The average Bonchev–Trinajstić information content (AvgIpc) is 2.76. The van der Waals surface area contributed by atoms with Crippen molar-refractivity contribution in [3.63, 3.8) is 0 Å². The van der Waals surface area contributed by atoms with E-state index in [9.17, 15) is 17.6 Å². The van der Waals surface area contributed by atoms with Crippen LogP contribution in [0.25, 0.3) is 0 Å². The molecule has 0 unspecified atom stereocenters. The molecule has 0 aliphatic heterocycles. The van der Waals surface area contributed by atoms with Crippen LogP contribution < -0.4 is 0 Å². The van der Waals surface area contributed by atoms with E-state index in [2.05, 4.69) is 6.92 Å². The zero-order chi connectivity index (χ0) is 22.0. The molecule has 0 bridgehead atoms. The molecule has 0 amide bonds. The largest absolute Gasteiger partial charge is 0.383 e. The smallest absolute Gasteiger partial charge is 0.313 e. The van der Waals surface area contributed by atoms with Crippen LogP contribution in [-0.4, -0.2) is 6.10 Å². The fourth-order valence-corrected chi connectivity index (χ4v) is 6.48. The van der Waals surface area contributed by atoms with Gasteiger partial charge in [0, 0.05) is 4.28 Å². The third-order valence-electron chi connectivity index (χ3n) is 8.50. The summed E-state index contributed by atoms with van der Waals surface area (Å²) in [5.41, 5.74) is -0.621. The van der Waals surface area contributed by atoms with Crippen LogP contribution in [0.3, 0.4) is 0 Å². The molecule has 0 spiro atoms. The lowest BCUT2D eigenvalue weighted by Gasteiger charge is -2.41. The summed E-state index contributed by atoms with van der Waals surface area (Å²) in [4.78, 5) is 0. The molecule has 3 saturated carbocycles. The first-order valence-corrected chi connectivity index (χ1v) is 12.3. The normalized spacial score (nSPS) is 34.0. The quantitative estimate of drug-likeness (QED) is 0.396. The Hall–Kier alpha value is -1.10. The van der Waals surface area contributed by atoms with E-state index >= 15 is 0 Å². The summed E-state index contributed by atoms with van der Waals surface area (Å²) in [6.07, 6.45) is 9.82. The second-order valence-electron chi connectivity index (χ2n) is 10.5. The van der Waals surface area contributed by atoms with Crippen LogP contribution in [0.1, 0.15) is 101 Å². The molecular formula is C27H46F4O. The lowest BCUT2D eigenvalue weighted by atomic mass is 9.65. The fraction of sp³-hybridized carbons (Fsp3) is 0.778. The van der Waals surface area contributed by atoms with Crippen LogP contribution in [0, 0.1) is 41.2 Å². The summed E-state index contributed by atoms with van der Waals surface area (Å²) >= 11 is 0. The fourth-order valence-electron chi connectivity index (χ4n) is 6.48. The Labute approximate surface area is 195 Å². The third-order valence-corrected chi connectivity index (χ3v) is 8.50. The van der Waals surface area contributed by atoms with Gasteiger partial charge in [0.25, 0.3) is 0 Å². The summed E-state index contributed by atoms with van der Waals surface area (Å²) in [5.74, 6) is 1.67. The summed E-state index contributed by atoms with van der Waals surface area (Å²) in [7, 11) is 0. The number of ether oxygens (including phenoxy) is 1. The van der Waals surface area contributed by atoms with E-state index in [-0.39, 0.29) is 11.7 Å². The van der Waals surface area contributed by atoms with Crippen molar-refractivity contribution in [3.8, 4) is 0 Å². The van der Waals surface area contributed by atoms with E-state index in [1.165, 1.54) is 51.4 Å². The van der Waals surface area contributed by atoms with Crippen molar-refractivity contribution in [2.45, 2.75) is 104 Å². The zero-order valence-corrected chi connectivity index (χ0v) is 18.6. The molecule has 0 aromatic heterocycles. The molecule has 5 heteroatoms. The van der Waals surface area contributed by atoms with Crippen LogP contribution >= 0.6 is 0 Å². The van der Waals surface area contributed by atoms with E-state index in [1.807, 2.05) is 0 Å². The van der Waals surface area contributed by atoms with Gasteiger partial charge < -0.3 is 4.74 Å². The van der Waals surface area contributed by atoms with Crippen molar-refractivity contribution in [1.82, 2.24) is 0 Å². The minimum Gasteiger partial charge on any atom is -0.313 e. The number of benzene rings is 1. The highest BCUT2D eigenvalue weighted by atomic mass is 19.3. The van der Waals surface area contributed by atoms with Gasteiger partial charge in [0.2, 0.25) is 0 Å². The van der Waals surface area contributed by atoms with Gasteiger partial charge in [-0.05, 0) is 112 Å². The van der Waals surface area contributed by atoms with Crippen molar-refractivity contribution in [3.05, 3.63) is 35.4 Å². The number of alkyl halides is 2. The first kappa shape index (κ1) is 25.5. The maximum atomic E-state index is 14.4. The Bertz CT molecular complexity index is 727. The highest BCUT2D eigenvalue weighted by Gasteiger charge is 2.39. The van der Waals surface area contributed by atoms with E-state index < -0.39 is 29.4 Å². The topological polar surface area (TPSA) is 9.23 Å². The van der Waals surface area contributed by atoms with E-state index in [0.717, 1.165) is 48.6 Å². The summed E-state index contributed by atoms with van der Waals surface area (Å²) in [6, 6.07) is 2.16. The van der Waals surface area contributed by atoms with Gasteiger partial charge in [-0.1, -0.05) is 27.2 Å². The minimum absolute atomic E-state index is 0. The SMILES string of the molecule is C.CC1CCC(C2CCC(C3CCC(OC(F)(F)c4ccc(F)c(F)c4)CC3)CC2)CC1.[HH].[HH].[HH]. The minimum atomic E-state index is -3.60. The summed E-state index contributed by atoms with van der Waals surface area (Å²) in [5, 5.41) is 0. The Balaban J connectivity index is 0.00000289. The molecule has 1 aromatic carbocycles. The number of hydrogen-bond acceptors (Lipinski definition) is 1. The van der Waals surface area contributed by atoms with Crippen molar-refractivity contribution in [2.75, 3.05) is 0 Å². The Morgan fingerprint density at radius 2 is 1.16 bits per heavy atom. The second-order valence-corrected chi connectivity index (χ2v) is 10.5. The van der Waals surface area contributed by atoms with Crippen molar-refractivity contribution in [1.29, 1.82) is 0 Å². The Morgan fingerprint density at radius 1 is 0.719 bits per heavy atom. The molecule has 4 rings (SSSR count). The maximum absolute atomic E-state index is 14.4. The molecule has 0 saturated heterocycles. The van der Waals surface area contributed by atoms with Gasteiger partial charge in [0.05, 0.1) is 11.7 Å². The average molecular weight is 463 g/mol. The Kier molecular flexibility index (Phi) is 8.68. The zero-order valence-electron chi connectivity index (χ0n) is 18.6. The predicted molar refractivity (Wildman–Crippen MR) is 127 cm³/mol. The van der Waals surface area contributed by atoms with Crippen LogP contribution in [-0.2, 0) is 10.8 Å². The standard InChI is InChI=1S/C26H36F4O.CH4.3H2/c1-17-2-4-18(5-3-17)19-6-8-20(9-7-19)21-10-13-23(14-11-21)31-26(29,30)22-12-15-24(27)25(28)16-22;;;;/h12,15-21,23H,2-11,13-14H2,1H3;1H4;3*1H. The molecular weight excluding hydrogens is 416 g/mol. The van der Waals surface area contributed by atoms with Gasteiger partial charge in [0.1, 0.15) is 0 Å². The van der Waals surface area contributed by atoms with Gasteiger partial charge in [-0.3, -0.25) is 0 Å². The lowest BCUT2D eigenvalue weighted by Crippen LogP contribution is -2.33. The van der Waals surface area contributed by atoms with Crippen LogP contribution in [0.5, 0.6) is 0 Å². The molecule has 0 atom stereocenters. The lowest BCUT2D eigenvalue weighted by molar-refractivity contribution is -0.278. The highest BCUT2D eigenvalue weighted by Crippen LogP contribution is 2.46. The van der Waals surface area contributed by atoms with E-state index in [1.54, 1.807) is 0 Å². The second kappa shape index (κ2) is 10.9. The summed E-state index contributed by atoms with van der Waals surface area (Å²) in [6.45, 7) is 2.38. The monoisotopic (exact) mass is 462 g/mol. The van der Waals surface area contributed by atoms with Gasteiger partial charge in [-0.25, -0.2) is 8.78 Å². The van der Waals surface area contributed by atoms with Crippen LogP contribution in [0.2, 0.25) is 0 Å². The number of rotatable bonds is 5. The first-order valence-electron chi connectivity index (χ1n) is 12.3. The van der Waals surface area contributed by atoms with E-state index in [4.69, 9.17) is 4.74 Å². The molecule has 0 radical (unpaired) electrons. The molecule has 3 aliphatic carbocycles. The van der Waals surface area contributed by atoms with Gasteiger partial charge in [-0.15, -0.1) is 0 Å². The van der Waals surface area contributed by atoms with Gasteiger partial charge in [0.15, 0.2) is 11.6 Å². The van der Waals surface area contributed by atoms with E-state index in [0.29, 0.717) is 24.8 Å². The molecule has 188 valence electrons. The molecule has 1 aromatic rings. The molecule has 1 nitrogen and oxygen atoms in total. The first-order chi connectivity index (χ1) is 14.8. The third kappa shape index (κ3) is 6.07. The van der Waals surface area contributed by atoms with Crippen molar-refractivity contribution >= 4 is 0 Å². The molecule has 3 aliphatic rings.